The van der Waals surface area contributed by atoms with Crippen molar-refractivity contribution in [3.8, 4) is 0 Å². The van der Waals surface area contributed by atoms with Gasteiger partial charge in [0.2, 0.25) is 0 Å². The van der Waals surface area contributed by atoms with Crippen LogP contribution >= 0.6 is 0 Å². The molecule has 7 heteroatoms. The Morgan fingerprint density at radius 3 is 2.78 bits per heavy atom. The highest BCUT2D eigenvalue weighted by molar-refractivity contribution is 5.96. The van der Waals surface area contributed by atoms with Gasteiger partial charge in [0, 0.05) is 19.7 Å². The Morgan fingerprint density at radius 1 is 1.61 bits per heavy atom. The minimum absolute atomic E-state index is 0.00193. The number of carbonyl (C=O) groups excluding carboxylic acids is 1. The zero-order valence-electron chi connectivity index (χ0n) is 10.2. The standard InChI is InChI=1S/C11H15N3O4/c1-7-3-4-9(14(16)17)8(5-7)13-11(15)10(6-12)18-2/h3-5,10H,6,12H2,1-2H3,(H,13,15). The first kappa shape index (κ1) is 14.1. The summed E-state index contributed by atoms with van der Waals surface area (Å²) in [4.78, 5) is 22.0. The van der Waals surface area contributed by atoms with Gasteiger partial charge >= 0.3 is 0 Å². The normalized spacial score (nSPS) is 11.9. The third kappa shape index (κ3) is 3.25. The quantitative estimate of drug-likeness (QED) is 0.596. The third-order valence-corrected chi connectivity index (χ3v) is 2.40. The third-order valence-electron chi connectivity index (χ3n) is 2.40. The van der Waals surface area contributed by atoms with Crippen LogP contribution < -0.4 is 11.1 Å². The van der Waals surface area contributed by atoms with Gasteiger partial charge in [-0.3, -0.25) is 14.9 Å². The SMILES string of the molecule is COC(CN)C(=O)Nc1cc(C)ccc1[N+](=O)[O-]. The number of nitro groups is 1. The Labute approximate surface area is 104 Å². The summed E-state index contributed by atoms with van der Waals surface area (Å²) >= 11 is 0. The number of nitrogens with zero attached hydrogens (tertiary/aromatic N) is 1. The first-order valence-electron chi connectivity index (χ1n) is 5.28. The van der Waals surface area contributed by atoms with Crippen LogP contribution in [0.5, 0.6) is 0 Å². The van der Waals surface area contributed by atoms with Gasteiger partial charge in [-0.25, -0.2) is 0 Å². The smallest absolute Gasteiger partial charge is 0.292 e. The van der Waals surface area contributed by atoms with Crippen molar-refractivity contribution < 1.29 is 14.5 Å². The van der Waals surface area contributed by atoms with E-state index in [1.165, 1.54) is 19.2 Å². The van der Waals surface area contributed by atoms with Gasteiger partial charge in [-0.05, 0) is 18.6 Å². The summed E-state index contributed by atoms with van der Waals surface area (Å²) in [6.45, 7) is 1.78. The van der Waals surface area contributed by atoms with Crippen molar-refractivity contribution in [3.63, 3.8) is 0 Å². The van der Waals surface area contributed by atoms with Gasteiger partial charge < -0.3 is 15.8 Å². The van der Waals surface area contributed by atoms with E-state index in [2.05, 4.69) is 5.32 Å². The molecule has 0 aromatic heterocycles. The van der Waals surface area contributed by atoms with Gasteiger partial charge in [0.1, 0.15) is 11.8 Å². The first-order valence-corrected chi connectivity index (χ1v) is 5.28. The number of carbonyl (C=O) groups is 1. The lowest BCUT2D eigenvalue weighted by molar-refractivity contribution is -0.383. The van der Waals surface area contributed by atoms with Gasteiger partial charge in [0.15, 0.2) is 0 Å². The molecule has 18 heavy (non-hydrogen) atoms. The van der Waals surface area contributed by atoms with Crippen LogP contribution in [0.3, 0.4) is 0 Å². The molecule has 1 unspecified atom stereocenters. The lowest BCUT2D eigenvalue weighted by Gasteiger charge is -2.13. The number of nitro benzene ring substituents is 1. The molecule has 0 heterocycles. The molecular weight excluding hydrogens is 238 g/mol. The van der Waals surface area contributed by atoms with Gasteiger partial charge in [-0.1, -0.05) is 6.07 Å². The van der Waals surface area contributed by atoms with E-state index in [4.69, 9.17) is 10.5 Å². The first-order chi connectivity index (χ1) is 8.49. The van der Waals surface area contributed by atoms with E-state index in [0.717, 1.165) is 5.56 Å². The van der Waals surface area contributed by atoms with E-state index in [1.807, 2.05) is 0 Å². The molecule has 0 aliphatic carbocycles. The summed E-state index contributed by atoms with van der Waals surface area (Å²) in [5, 5.41) is 13.3. The van der Waals surface area contributed by atoms with Gasteiger partial charge in [-0.15, -0.1) is 0 Å². The highest BCUT2D eigenvalue weighted by Crippen LogP contribution is 2.25. The number of hydrogen-bond donors (Lipinski definition) is 2. The van der Waals surface area contributed by atoms with Crippen LogP contribution in [-0.2, 0) is 9.53 Å². The molecule has 0 bridgehead atoms. The maximum absolute atomic E-state index is 11.7. The monoisotopic (exact) mass is 253 g/mol. The number of hydrogen-bond acceptors (Lipinski definition) is 5. The van der Waals surface area contributed by atoms with E-state index in [1.54, 1.807) is 13.0 Å². The van der Waals surface area contributed by atoms with Crippen LogP contribution in [-0.4, -0.2) is 30.6 Å². The molecule has 1 amide bonds. The zero-order chi connectivity index (χ0) is 13.7. The molecule has 0 radical (unpaired) electrons. The van der Waals surface area contributed by atoms with E-state index in [0.29, 0.717) is 0 Å². The van der Waals surface area contributed by atoms with Crippen LogP contribution in [0.2, 0.25) is 0 Å². The van der Waals surface area contributed by atoms with Gasteiger partial charge in [-0.2, -0.15) is 0 Å². The molecule has 0 aliphatic heterocycles. The second-order valence-corrected chi connectivity index (χ2v) is 3.73. The summed E-state index contributed by atoms with van der Waals surface area (Å²) in [6, 6.07) is 4.47. The van der Waals surface area contributed by atoms with Crippen LogP contribution in [0.4, 0.5) is 11.4 Å². The molecule has 98 valence electrons. The number of nitrogens with two attached hydrogens (primary N) is 1. The number of ether oxygens (including phenoxy) is 1. The summed E-state index contributed by atoms with van der Waals surface area (Å²) in [5.41, 5.74) is 6.12. The molecule has 1 aromatic carbocycles. The number of anilines is 1. The number of nitrogens with one attached hydrogen (secondary N) is 1. The van der Waals surface area contributed by atoms with Crippen LogP contribution in [0.1, 0.15) is 5.56 Å². The summed E-state index contributed by atoms with van der Waals surface area (Å²) in [5.74, 6) is -0.506. The highest BCUT2D eigenvalue weighted by Gasteiger charge is 2.20. The Hall–Kier alpha value is -1.99. The number of methoxy groups -OCH3 is 1. The van der Waals surface area contributed by atoms with Crippen molar-refractivity contribution in [2.75, 3.05) is 19.0 Å². The zero-order valence-corrected chi connectivity index (χ0v) is 10.2. The predicted octanol–water partition coefficient (Wildman–Crippen LogP) is 0.815. The second kappa shape index (κ2) is 6.08. The van der Waals surface area contributed by atoms with E-state index < -0.39 is 16.9 Å². The number of benzene rings is 1. The molecule has 1 aromatic rings. The minimum atomic E-state index is -0.829. The minimum Gasteiger partial charge on any atom is -0.370 e. The van der Waals surface area contributed by atoms with Crippen molar-refractivity contribution in [2.45, 2.75) is 13.0 Å². The average Bonchev–Trinajstić information content (AvgIpc) is 2.30. The summed E-state index contributed by atoms with van der Waals surface area (Å²) < 4.78 is 4.86. The molecule has 0 saturated heterocycles. The van der Waals surface area contributed by atoms with E-state index >= 15 is 0 Å². The topological polar surface area (TPSA) is 107 Å². The van der Waals surface area contributed by atoms with Crippen LogP contribution in [0, 0.1) is 17.0 Å². The number of amides is 1. The molecule has 3 N–H and O–H groups in total. The van der Waals surface area contributed by atoms with Gasteiger partial charge in [0.25, 0.3) is 11.6 Å². The largest absolute Gasteiger partial charge is 0.370 e. The van der Waals surface area contributed by atoms with Crippen molar-refractivity contribution >= 4 is 17.3 Å². The molecular formula is C11H15N3O4. The van der Waals surface area contributed by atoms with E-state index in [9.17, 15) is 14.9 Å². The average molecular weight is 253 g/mol. The maximum atomic E-state index is 11.7. The van der Waals surface area contributed by atoms with E-state index in [-0.39, 0.29) is 17.9 Å². The Morgan fingerprint density at radius 2 is 2.28 bits per heavy atom. The fourth-order valence-electron chi connectivity index (χ4n) is 1.43. The fourth-order valence-corrected chi connectivity index (χ4v) is 1.43. The highest BCUT2D eigenvalue weighted by atomic mass is 16.6. The second-order valence-electron chi connectivity index (χ2n) is 3.73. The van der Waals surface area contributed by atoms with Gasteiger partial charge in [0.05, 0.1) is 4.92 Å². The lowest BCUT2D eigenvalue weighted by atomic mass is 10.2. The van der Waals surface area contributed by atoms with Crippen LogP contribution in [0.15, 0.2) is 18.2 Å². The Kier molecular flexibility index (Phi) is 4.75. The van der Waals surface area contributed by atoms with Crippen molar-refractivity contribution in [1.29, 1.82) is 0 Å². The molecule has 7 nitrogen and oxygen atoms in total. The van der Waals surface area contributed by atoms with Crippen molar-refractivity contribution in [1.82, 2.24) is 0 Å². The number of rotatable bonds is 5. The lowest BCUT2D eigenvalue weighted by Crippen LogP contribution is -2.36. The fraction of sp³-hybridized carbons (Fsp3) is 0.364. The van der Waals surface area contributed by atoms with Crippen molar-refractivity contribution in [3.05, 3.63) is 33.9 Å². The summed E-state index contributed by atoms with van der Waals surface area (Å²) in [7, 11) is 1.35. The van der Waals surface area contributed by atoms with Crippen molar-refractivity contribution in [2.24, 2.45) is 5.73 Å². The predicted molar refractivity (Wildman–Crippen MR) is 66.3 cm³/mol. The molecule has 1 rings (SSSR count). The maximum Gasteiger partial charge on any atom is 0.292 e. The molecule has 0 saturated carbocycles. The Balaban J connectivity index is 2.99. The summed E-state index contributed by atoms with van der Waals surface area (Å²) in [6.07, 6.45) is -0.829. The molecule has 0 fully saturated rings. The Bertz CT molecular complexity index is 458. The molecule has 1 atom stereocenters. The van der Waals surface area contributed by atoms with Crippen LogP contribution in [0.25, 0.3) is 0 Å². The molecule has 0 aliphatic rings. The molecule has 0 spiro atoms. The number of aryl methyl sites for hydroxylation is 1.